The van der Waals surface area contributed by atoms with E-state index in [1.165, 1.54) is 4.90 Å². The fourth-order valence-corrected chi connectivity index (χ4v) is 3.14. The fraction of sp³-hybridized carbons (Fsp3) is 0.286. The van der Waals surface area contributed by atoms with Gasteiger partial charge in [0.05, 0.1) is 29.7 Å². The van der Waals surface area contributed by atoms with Crippen LogP contribution in [-0.2, 0) is 14.3 Å². The summed E-state index contributed by atoms with van der Waals surface area (Å²) in [7, 11) is 0. The Labute approximate surface area is 104 Å². The van der Waals surface area contributed by atoms with E-state index in [0.29, 0.717) is 5.69 Å². The van der Waals surface area contributed by atoms with Crippen LogP contribution in [-0.4, -0.2) is 24.0 Å². The van der Waals surface area contributed by atoms with E-state index >= 15 is 0 Å². The molecule has 2 bridgehead atoms. The summed E-state index contributed by atoms with van der Waals surface area (Å²) in [6.07, 6.45) is 3.35. The molecular formula is C14H11NO3. The van der Waals surface area contributed by atoms with E-state index in [1.54, 1.807) is 12.1 Å². The molecule has 2 saturated heterocycles. The summed E-state index contributed by atoms with van der Waals surface area (Å²) in [5, 5.41) is 0. The number of para-hydroxylation sites is 1. The predicted octanol–water partition coefficient (Wildman–Crippen LogP) is 1.13. The molecule has 3 heterocycles. The highest BCUT2D eigenvalue weighted by atomic mass is 16.5. The number of ether oxygens (including phenoxy) is 1. The van der Waals surface area contributed by atoms with Gasteiger partial charge in [0.1, 0.15) is 0 Å². The van der Waals surface area contributed by atoms with Crippen molar-refractivity contribution in [3.8, 4) is 0 Å². The Kier molecular flexibility index (Phi) is 1.84. The SMILES string of the molecule is O=C1[C@@H]2[C@H](C(=O)N1c1ccccc1)[C@H]1C=C[C@H]2O1. The average Bonchev–Trinajstić information content (AvgIpc) is 3.05. The highest BCUT2D eigenvalue weighted by Crippen LogP contribution is 2.46. The molecule has 1 aromatic carbocycles. The van der Waals surface area contributed by atoms with E-state index in [1.807, 2.05) is 30.4 Å². The lowest BCUT2D eigenvalue weighted by Gasteiger charge is -2.17. The van der Waals surface area contributed by atoms with Gasteiger partial charge in [0.25, 0.3) is 0 Å². The molecule has 0 spiro atoms. The number of imide groups is 1. The zero-order chi connectivity index (χ0) is 12.3. The highest BCUT2D eigenvalue weighted by Gasteiger charge is 2.60. The standard InChI is InChI=1S/C14H11NO3/c16-13-11-9-6-7-10(18-9)12(11)14(17)15(13)8-4-2-1-3-5-8/h1-7,9-12H/t9-,10-,11-,12+/m1/s1. The molecule has 4 heteroatoms. The second-order valence-electron chi connectivity index (χ2n) is 4.85. The Morgan fingerprint density at radius 3 is 2.00 bits per heavy atom. The number of rotatable bonds is 1. The second-order valence-corrected chi connectivity index (χ2v) is 4.85. The number of carbonyl (C=O) groups is 2. The molecule has 0 saturated carbocycles. The van der Waals surface area contributed by atoms with Crippen LogP contribution in [0.5, 0.6) is 0 Å². The average molecular weight is 241 g/mol. The number of fused-ring (bicyclic) bond motifs is 5. The van der Waals surface area contributed by atoms with Crippen molar-refractivity contribution in [3.05, 3.63) is 42.5 Å². The van der Waals surface area contributed by atoms with Gasteiger partial charge in [0.2, 0.25) is 11.8 Å². The summed E-state index contributed by atoms with van der Waals surface area (Å²) in [5.41, 5.74) is 0.654. The first-order valence-electron chi connectivity index (χ1n) is 6.04. The number of hydrogen-bond acceptors (Lipinski definition) is 3. The number of benzene rings is 1. The van der Waals surface area contributed by atoms with Crippen LogP contribution in [0, 0.1) is 11.8 Å². The zero-order valence-electron chi connectivity index (χ0n) is 9.52. The summed E-state index contributed by atoms with van der Waals surface area (Å²) < 4.78 is 5.58. The molecule has 4 rings (SSSR count). The molecule has 0 aromatic heterocycles. The number of nitrogens with zero attached hydrogens (tertiary/aromatic N) is 1. The van der Waals surface area contributed by atoms with Gasteiger partial charge in [-0.1, -0.05) is 30.4 Å². The first-order valence-corrected chi connectivity index (χ1v) is 6.04. The molecule has 1 aromatic rings. The van der Waals surface area contributed by atoms with Crippen molar-refractivity contribution in [2.75, 3.05) is 4.90 Å². The number of amides is 2. The van der Waals surface area contributed by atoms with Crippen molar-refractivity contribution < 1.29 is 14.3 Å². The first kappa shape index (κ1) is 10.0. The summed E-state index contributed by atoms with van der Waals surface area (Å²) in [4.78, 5) is 26.1. The Hall–Kier alpha value is -1.94. The minimum Gasteiger partial charge on any atom is -0.365 e. The minimum absolute atomic E-state index is 0.131. The van der Waals surface area contributed by atoms with Crippen molar-refractivity contribution >= 4 is 17.5 Å². The monoisotopic (exact) mass is 241 g/mol. The molecule has 3 aliphatic rings. The molecule has 2 amide bonds. The number of carbonyl (C=O) groups excluding carboxylic acids is 2. The predicted molar refractivity (Wildman–Crippen MR) is 63.7 cm³/mol. The van der Waals surface area contributed by atoms with Gasteiger partial charge in [0, 0.05) is 0 Å². The number of anilines is 1. The summed E-state index contributed by atoms with van der Waals surface area (Å²) in [6, 6.07) is 9.09. The maximum atomic E-state index is 12.4. The molecule has 2 fully saturated rings. The first-order chi connectivity index (χ1) is 8.77. The summed E-state index contributed by atoms with van der Waals surface area (Å²) >= 11 is 0. The van der Waals surface area contributed by atoms with E-state index in [4.69, 9.17) is 4.74 Å². The van der Waals surface area contributed by atoms with Crippen LogP contribution >= 0.6 is 0 Å². The van der Waals surface area contributed by atoms with Gasteiger partial charge in [-0.15, -0.1) is 0 Å². The second kappa shape index (κ2) is 3.29. The van der Waals surface area contributed by atoms with Gasteiger partial charge >= 0.3 is 0 Å². The molecule has 0 N–H and O–H groups in total. The third-order valence-corrected chi connectivity index (χ3v) is 3.92. The summed E-state index contributed by atoms with van der Waals surface area (Å²) in [6.45, 7) is 0. The molecule has 0 radical (unpaired) electrons. The maximum Gasteiger partial charge on any atom is 0.240 e. The largest absolute Gasteiger partial charge is 0.365 e. The van der Waals surface area contributed by atoms with Crippen LogP contribution in [0.1, 0.15) is 0 Å². The van der Waals surface area contributed by atoms with E-state index in [2.05, 4.69) is 0 Å². The highest BCUT2D eigenvalue weighted by molar-refractivity contribution is 6.23. The normalized spacial score (nSPS) is 36.6. The van der Waals surface area contributed by atoms with Crippen molar-refractivity contribution in [3.63, 3.8) is 0 Å². The van der Waals surface area contributed by atoms with Crippen LogP contribution in [0.2, 0.25) is 0 Å². The Morgan fingerprint density at radius 2 is 1.44 bits per heavy atom. The lowest BCUT2D eigenvalue weighted by atomic mass is 9.85. The van der Waals surface area contributed by atoms with Crippen molar-refractivity contribution in [1.29, 1.82) is 0 Å². The van der Waals surface area contributed by atoms with Crippen LogP contribution in [0.3, 0.4) is 0 Å². The molecule has 3 aliphatic heterocycles. The van der Waals surface area contributed by atoms with Crippen molar-refractivity contribution in [2.45, 2.75) is 12.2 Å². The van der Waals surface area contributed by atoms with Gasteiger partial charge in [-0.05, 0) is 12.1 Å². The molecule has 0 aliphatic carbocycles. The third-order valence-electron chi connectivity index (χ3n) is 3.92. The summed E-state index contributed by atoms with van der Waals surface area (Å²) in [5.74, 6) is -0.915. The van der Waals surface area contributed by atoms with E-state index in [9.17, 15) is 9.59 Å². The van der Waals surface area contributed by atoms with E-state index in [0.717, 1.165) is 0 Å². The lowest BCUT2D eigenvalue weighted by Crippen LogP contribution is -2.34. The lowest BCUT2D eigenvalue weighted by molar-refractivity contribution is -0.124. The third kappa shape index (κ3) is 1.08. The smallest absolute Gasteiger partial charge is 0.240 e. The van der Waals surface area contributed by atoms with Crippen LogP contribution < -0.4 is 4.90 Å². The Balaban J connectivity index is 1.77. The van der Waals surface area contributed by atoms with Crippen LogP contribution in [0.4, 0.5) is 5.69 Å². The Morgan fingerprint density at radius 1 is 0.889 bits per heavy atom. The van der Waals surface area contributed by atoms with Gasteiger partial charge in [-0.2, -0.15) is 0 Å². The van der Waals surface area contributed by atoms with Crippen LogP contribution in [0.25, 0.3) is 0 Å². The van der Waals surface area contributed by atoms with Gasteiger partial charge < -0.3 is 4.74 Å². The minimum atomic E-state index is -0.326. The molecule has 4 nitrogen and oxygen atoms in total. The molecule has 90 valence electrons. The topological polar surface area (TPSA) is 46.6 Å². The fourth-order valence-electron chi connectivity index (χ4n) is 3.14. The van der Waals surface area contributed by atoms with Crippen molar-refractivity contribution in [1.82, 2.24) is 0 Å². The van der Waals surface area contributed by atoms with Crippen molar-refractivity contribution in [2.24, 2.45) is 11.8 Å². The molecular weight excluding hydrogens is 230 g/mol. The van der Waals surface area contributed by atoms with Gasteiger partial charge in [0.15, 0.2) is 0 Å². The molecule has 0 unspecified atom stereocenters. The van der Waals surface area contributed by atoms with E-state index in [-0.39, 0.29) is 35.9 Å². The van der Waals surface area contributed by atoms with Gasteiger partial charge in [-0.25, -0.2) is 4.90 Å². The van der Waals surface area contributed by atoms with E-state index < -0.39 is 0 Å². The molecule has 18 heavy (non-hydrogen) atoms. The van der Waals surface area contributed by atoms with Crippen LogP contribution in [0.15, 0.2) is 42.5 Å². The molecule has 4 atom stereocenters. The Bertz CT molecular complexity index is 536. The number of hydrogen-bond donors (Lipinski definition) is 0. The quantitative estimate of drug-likeness (QED) is 0.547. The zero-order valence-corrected chi connectivity index (χ0v) is 9.52. The maximum absolute atomic E-state index is 12.4. The van der Waals surface area contributed by atoms with Gasteiger partial charge in [-0.3, -0.25) is 9.59 Å².